The van der Waals surface area contributed by atoms with Crippen LogP contribution in [-0.4, -0.2) is 24.6 Å². The Balaban J connectivity index is 0.000000218. The summed E-state index contributed by atoms with van der Waals surface area (Å²) in [4.78, 5) is 1.17. The number of halogens is 1. The van der Waals surface area contributed by atoms with Crippen LogP contribution in [0.25, 0.3) is 11.1 Å². The summed E-state index contributed by atoms with van der Waals surface area (Å²) < 4.78 is 0. The van der Waals surface area contributed by atoms with Gasteiger partial charge >= 0.3 is 0 Å². The van der Waals surface area contributed by atoms with E-state index in [1.165, 1.54) is 16.0 Å². The molecule has 5 heteroatoms. The van der Waals surface area contributed by atoms with Crippen molar-refractivity contribution in [3.8, 4) is 11.1 Å². The van der Waals surface area contributed by atoms with Crippen LogP contribution in [0.4, 0.5) is 5.69 Å². The molecule has 0 spiro atoms. The summed E-state index contributed by atoms with van der Waals surface area (Å²) in [6.45, 7) is 0.593. The van der Waals surface area contributed by atoms with Gasteiger partial charge < -0.3 is 10.6 Å². The van der Waals surface area contributed by atoms with Crippen molar-refractivity contribution in [2.24, 2.45) is 0 Å². The third kappa shape index (κ3) is 5.33. The Morgan fingerprint density at radius 2 is 1.86 bits per heavy atom. The molecule has 3 N–H and O–H groups in total. The largest absolute Gasteiger partial charge is 0.355 e. The van der Waals surface area contributed by atoms with Crippen LogP contribution in [0.5, 0.6) is 0 Å². The lowest BCUT2D eigenvalue weighted by Gasteiger charge is -2.09. The zero-order chi connectivity index (χ0) is 15.1. The summed E-state index contributed by atoms with van der Waals surface area (Å²) in [5.41, 5.74) is 3.76. The average molecular weight is 320 g/mol. The Kier molecular flexibility index (Phi) is 5.96. The molecule has 0 aromatic heterocycles. The molecule has 0 aliphatic heterocycles. The molecule has 2 aliphatic rings. The molecule has 21 heavy (non-hydrogen) atoms. The topological polar surface area (TPSA) is 47.9 Å². The standard InChI is InChI=1S/C10H14ClN3S.C6H4/c1-15-9-4-2-3-8(7-9)14-10(12)13-6-5-11;1-2-5-4-6(5)3-1/h2-4,7H,5-6H2,1H3,(H3,12,13,14);1-4H. The van der Waals surface area contributed by atoms with Crippen LogP contribution in [0, 0.1) is 5.41 Å². The summed E-state index contributed by atoms with van der Waals surface area (Å²) >= 11 is 7.18. The van der Waals surface area contributed by atoms with Crippen LogP contribution >= 0.6 is 23.4 Å². The van der Waals surface area contributed by atoms with E-state index in [0.29, 0.717) is 12.4 Å². The molecule has 0 saturated heterocycles. The molecule has 0 radical (unpaired) electrons. The fourth-order valence-corrected chi connectivity index (χ4v) is 2.29. The number of anilines is 1. The smallest absolute Gasteiger partial charge is 0.192 e. The van der Waals surface area contributed by atoms with Gasteiger partial charge in [-0.25, -0.2) is 0 Å². The van der Waals surface area contributed by atoms with Gasteiger partial charge in [0.05, 0.1) is 0 Å². The van der Waals surface area contributed by atoms with Crippen LogP contribution in [0.1, 0.15) is 0 Å². The van der Waals surface area contributed by atoms with E-state index in [2.05, 4.69) is 34.9 Å². The summed E-state index contributed by atoms with van der Waals surface area (Å²) in [6, 6.07) is 16.4. The number of alkyl halides is 1. The van der Waals surface area contributed by atoms with Crippen molar-refractivity contribution >= 4 is 35.0 Å². The van der Waals surface area contributed by atoms with Gasteiger partial charge in [0, 0.05) is 23.0 Å². The Labute approximate surface area is 134 Å². The lowest BCUT2D eigenvalue weighted by molar-refractivity contribution is 0.960. The first-order valence-electron chi connectivity index (χ1n) is 6.63. The number of benzene rings is 2. The van der Waals surface area contributed by atoms with Crippen molar-refractivity contribution in [3.05, 3.63) is 48.5 Å². The molecule has 0 unspecified atom stereocenters. The van der Waals surface area contributed by atoms with Crippen LogP contribution in [0.2, 0.25) is 0 Å². The number of guanidine groups is 1. The first kappa shape index (κ1) is 15.7. The number of nitrogens with one attached hydrogen (secondary N) is 3. The van der Waals surface area contributed by atoms with E-state index >= 15 is 0 Å². The zero-order valence-electron chi connectivity index (χ0n) is 11.8. The average Bonchev–Trinajstić information content (AvgIpc) is 3.11. The van der Waals surface area contributed by atoms with E-state index in [0.717, 1.165) is 5.69 Å². The predicted molar refractivity (Wildman–Crippen MR) is 93.7 cm³/mol. The van der Waals surface area contributed by atoms with Crippen molar-refractivity contribution in [2.75, 3.05) is 24.0 Å². The molecule has 0 saturated carbocycles. The van der Waals surface area contributed by atoms with E-state index in [1.807, 2.05) is 30.5 Å². The second-order valence-electron chi connectivity index (χ2n) is 4.43. The summed E-state index contributed by atoms with van der Waals surface area (Å²) in [7, 11) is 0. The maximum Gasteiger partial charge on any atom is 0.192 e. The van der Waals surface area contributed by atoms with E-state index in [9.17, 15) is 0 Å². The van der Waals surface area contributed by atoms with Crippen LogP contribution in [-0.2, 0) is 0 Å². The predicted octanol–water partition coefficient (Wildman–Crippen LogP) is 4.25. The minimum absolute atomic E-state index is 0.272. The van der Waals surface area contributed by atoms with Crippen molar-refractivity contribution < 1.29 is 0 Å². The highest BCUT2D eigenvalue weighted by atomic mass is 35.5. The Morgan fingerprint density at radius 3 is 2.38 bits per heavy atom. The maximum absolute atomic E-state index is 7.57. The molecule has 2 aliphatic carbocycles. The molecular weight excluding hydrogens is 302 g/mol. The third-order valence-corrected chi connectivity index (χ3v) is 3.76. The van der Waals surface area contributed by atoms with Gasteiger partial charge in [-0.05, 0) is 41.6 Å². The molecule has 0 atom stereocenters. The first-order valence-corrected chi connectivity index (χ1v) is 8.39. The third-order valence-electron chi connectivity index (χ3n) is 2.85. The van der Waals surface area contributed by atoms with Crippen LogP contribution < -0.4 is 10.6 Å². The quantitative estimate of drug-likeness (QED) is 0.291. The summed E-state index contributed by atoms with van der Waals surface area (Å²) in [5.74, 6) is 0.767. The molecule has 1 aromatic carbocycles. The SMILES string of the molecule is CSc1cccc(NC(=N)NCCCl)c1.c1cc2cc-2c1. The summed E-state index contributed by atoms with van der Waals surface area (Å²) in [5, 5.41) is 13.4. The summed E-state index contributed by atoms with van der Waals surface area (Å²) in [6.07, 6.45) is 2.02. The van der Waals surface area contributed by atoms with Crippen molar-refractivity contribution in [1.29, 1.82) is 5.41 Å². The Bertz CT molecular complexity index is 599. The van der Waals surface area contributed by atoms with Gasteiger partial charge in [-0.15, -0.1) is 23.4 Å². The molecule has 0 heterocycles. The Morgan fingerprint density at radius 1 is 1.14 bits per heavy atom. The van der Waals surface area contributed by atoms with Gasteiger partial charge in [-0.3, -0.25) is 5.41 Å². The molecule has 0 fully saturated rings. The molecule has 3 nitrogen and oxygen atoms in total. The maximum atomic E-state index is 7.57. The van der Waals surface area contributed by atoms with E-state index < -0.39 is 0 Å². The molecule has 110 valence electrons. The van der Waals surface area contributed by atoms with Crippen LogP contribution in [0.3, 0.4) is 0 Å². The highest BCUT2D eigenvalue weighted by Gasteiger charge is 2.07. The molecule has 3 rings (SSSR count). The second-order valence-corrected chi connectivity index (χ2v) is 5.69. The van der Waals surface area contributed by atoms with E-state index in [-0.39, 0.29) is 5.96 Å². The fraction of sp³-hybridized carbons (Fsp3) is 0.188. The minimum Gasteiger partial charge on any atom is -0.355 e. The van der Waals surface area contributed by atoms with Gasteiger partial charge in [-0.2, -0.15) is 0 Å². The van der Waals surface area contributed by atoms with Gasteiger partial charge in [-0.1, -0.05) is 24.3 Å². The number of rotatable bonds is 4. The first-order chi connectivity index (χ1) is 10.2. The van der Waals surface area contributed by atoms with Gasteiger partial charge in [0.2, 0.25) is 0 Å². The highest BCUT2D eigenvalue weighted by molar-refractivity contribution is 7.98. The number of hydrogen-bond acceptors (Lipinski definition) is 2. The second kappa shape index (κ2) is 7.96. The molecular formula is C16H18ClN3S. The normalized spacial score (nSPS) is 10.2. The van der Waals surface area contributed by atoms with Crippen molar-refractivity contribution in [2.45, 2.75) is 4.90 Å². The lowest BCUT2D eigenvalue weighted by Crippen LogP contribution is -2.30. The fourth-order valence-electron chi connectivity index (χ4n) is 1.74. The van der Waals surface area contributed by atoms with Crippen molar-refractivity contribution in [1.82, 2.24) is 5.32 Å². The lowest BCUT2D eigenvalue weighted by atomic mass is 10.3. The highest BCUT2D eigenvalue weighted by Crippen LogP contribution is 2.32. The van der Waals surface area contributed by atoms with Gasteiger partial charge in [0.15, 0.2) is 5.96 Å². The van der Waals surface area contributed by atoms with E-state index in [1.54, 1.807) is 11.8 Å². The number of thioether (sulfide) groups is 1. The molecule has 0 bridgehead atoms. The zero-order valence-corrected chi connectivity index (χ0v) is 13.4. The van der Waals surface area contributed by atoms with Crippen LogP contribution in [0.15, 0.2) is 53.4 Å². The number of hydrogen-bond donors (Lipinski definition) is 3. The van der Waals surface area contributed by atoms with E-state index in [4.69, 9.17) is 17.0 Å². The molecule has 0 amide bonds. The molecule has 1 aromatic rings. The Hall–Kier alpha value is -1.65. The number of fused-ring (bicyclic) bond motifs is 1. The van der Waals surface area contributed by atoms with Crippen molar-refractivity contribution in [3.63, 3.8) is 0 Å². The van der Waals surface area contributed by atoms with Gasteiger partial charge in [0.1, 0.15) is 0 Å². The monoisotopic (exact) mass is 319 g/mol. The minimum atomic E-state index is 0.272. The van der Waals surface area contributed by atoms with Gasteiger partial charge in [0.25, 0.3) is 0 Å².